The van der Waals surface area contributed by atoms with Gasteiger partial charge in [0.25, 0.3) is 0 Å². The van der Waals surface area contributed by atoms with Crippen molar-refractivity contribution in [3.8, 4) is 11.5 Å². The highest BCUT2D eigenvalue weighted by Gasteiger charge is 2.30. The first-order valence-electron chi connectivity index (χ1n) is 11.1. The van der Waals surface area contributed by atoms with E-state index in [1.54, 1.807) is 12.1 Å². The zero-order chi connectivity index (χ0) is 26.8. The molecule has 0 atom stereocenters. The van der Waals surface area contributed by atoms with Gasteiger partial charge in [0.1, 0.15) is 13.0 Å². The third-order valence-electron chi connectivity index (χ3n) is 4.76. The molecule has 0 unspecified atom stereocenters. The quantitative estimate of drug-likeness (QED) is 0.178. The SMILES string of the molecule is CCOc1cc(C=NNC(=O)CC(=O)Nc2cccc(C(F)(F)F)c2)cc(Br)c1OCc1ccccc1. The van der Waals surface area contributed by atoms with E-state index < -0.39 is 30.0 Å². The molecule has 37 heavy (non-hydrogen) atoms. The fourth-order valence-electron chi connectivity index (χ4n) is 3.14. The number of nitrogens with one attached hydrogen (secondary N) is 2. The minimum absolute atomic E-state index is 0.0704. The lowest BCUT2D eigenvalue weighted by molar-refractivity contribution is -0.137. The fraction of sp³-hybridized carbons (Fsp3) is 0.192. The standard InChI is InChI=1S/C26H23BrF3N3O4/c1-2-36-22-12-18(11-21(27)25(22)37-16-17-7-4-3-5-8-17)15-31-33-24(35)14-23(34)32-20-10-6-9-19(13-20)26(28,29)30/h3-13,15H,2,14,16H2,1H3,(H,32,34)(H,33,35). The molecule has 11 heteroatoms. The summed E-state index contributed by atoms with van der Waals surface area (Å²) in [5.74, 6) is -0.542. The topological polar surface area (TPSA) is 89.0 Å². The molecule has 0 bridgehead atoms. The molecular formula is C26H23BrF3N3O4. The molecule has 0 saturated heterocycles. The molecule has 3 rings (SSSR count). The molecule has 0 aromatic heterocycles. The van der Waals surface area contributed by atoms with Gasteiger partial charge in [-0.3, -0.25) is 9.59 Å². The number of alkyl halides is 3. The Morgan fingerprint density at radius 1 is 1.00 bits per heavy atom. The number of halogens is 4. The Hall–Kier alpha value is -3.86. The van der Waals surface area contributed by atoms with Crippen molar-refractivity contribution < 1.29 is 32.2 Å². The maximum absolute atomic E-state index is 12.8. The number of anilines is 1. The number of benzene rings is 3. The Labute approximate surface area is 219 Å². The molecule has 194 valence electrons. The van der Waals surface area contributed by atoms with E-state index in [1.165, 1.54) is 12.3 Å². The molecule has 7 nitrogen and oxygen atoms in total. The largest absolute Gasteiger partial charge is 0.490 e. The number of hydrazone groups is 1. The van der Waals surface area contributed by atoms with Crippen molar-refractivity contribution in [3.63, 3.8) is 0 Å². The van der Waals surface area contributed by atoms with Crippen LogP contribution in [0.25, 0.3) is 0 Å². The summed E-state index contributed by atoms with van der Waals surface area (Å²) in [7, 11) is 0. The molecule has 3 aromatic carbocycles. The van der Waals surface area contributed by atoms with Crippen molar-refractivity contribution in [1.82, 2.24) is 5.43 Å². The van der Waals surface area contributed by atoms with Gasteiger partial charge < -0.3 is 14.8 Å². The van der Waals surface area contributed by atoms with Gasteiger partial charge in [-0.15, -0.1) is 0 Å². The van der Waals surface area contributed by atoms with Gasteiger partial charge in [0.2, 0.25) is 11.8 Å². The fourth-order valence-corrected chi connectivity index (χ4v) is 3.71. The minimum Gasteiger partial charge on any atom is -0.490 e. The van der Waals surface area contributed by atoms with Crippen LogP contribution >= 0.6 is 15.9 Å². The van der Waals surface area contributed by atoms with Crippen LogP contribution in [-0.2, 0) is 22.4 Å². The Morgan fingerprint density at radius 3 is 2.46 bits per heavy atom. The number of carbonyl (C=O) groups excluding carboxylic acids is 2. The Kier molecular flexibility index (Phi) is 9.67. The molecule has 0 aliphatic heterocycles. The van der Waals surface area contributed by atoms with E-state index in [0.717, 1.165) is 23.8 Å². The first-order chi connectivity index (χ1) is 17.7. The molecule has 0 heterocycles. The van der Waals surface area contributed by atoms with Gasteiger partial charge in [0.05, 0.1) is 22.9 Å². The molecule has 0 saturated carbocycles. The number of hydrogen-bond donors (Lipinski definition) is 2. The molecular weight excluding hydrogens is 555 g/mol. The maximum Gasteiger partial charge on any atom is 0.416 e. The summed E-state index contributed by atoms with van der Waals surface area (Å²) < 4.78 is 50.7. The van der Waals surface area contributed by atoms with Crippen molar-refractivity contribution in [1.29, 1.82) is 0 Å². The zero-order valence-corrected chi connectivity index (χ0v) is 21.2. The van der Waals surface area contributed by atoms with Crippen LogP contribution in [0.5, 0.6) is 11.5 Å². The van der Waals surface area contributed by atoms with Crippen LogP contribution in [-0.4, -0.2) is 24.6 Å². The summed E-state index contributed by atoms with van der Waals surface area (Å²) in [6.45, 7) is 2.57. The van der Waals surface area contributed by atoms with E-state index in [0.29, 0.717) is 34.7 Å². The third-order valence-corrected chi connectivity index (χ3v) is 5.34. The third kappa shape index (κ3) is 8.64. The number of amides is 2. The molecule has 0 fully saturated rings. The highest BCUT2D eigenvalue weighted by atomic mass is 79.9. The Balaban J connectivity index is 1.58. The van der Waals surface area contributed by atoms with Crippen molar-refractivity contribution in [2.24, 2.45) is 5.10 Å². The van der Waals surface area contributed by atoms with Crippen molar-refractivity contribution in [3.05, 3.63) is 87.9 Å². The summed E-state index contributed by atoms with van der Waals surface area (Å²) in [4.78, 5) is 24.1. The zero-order valence-electron chi connectivity index (χ0n) is 19.6. The van der Waals surface area contributed by atoms with Crippen molar-refractivity contribution in [2.75, 3.05) is 11.9 Å². The highest BCUT2D eigenvalue weighted by molar-refractivity contribution is 9.10. The predicted octanol–water partition coefficient (Wildman–Crippen LogP) is 5.92. The van der Waals surface area contributed by atoms with Gasteiger partial charge in [-0.2, -0.15) is 18.3 Å². The van der Waals surface area contributed by atoms with Gasteiger partial charge in [-0.05, 0) is 64.3 Å². The predicted molar refractivity (Wildman–Crippen MR) is 137 cm³/mol. The van der Waals surface area contributed by atoms with E-state index in [4.69, 9.17) is 9.47 Å². The number of ether oxygens (including phenoxy) is 2. The number of carbonyl (C=O) groups is 2. The van der Waals surface area contributed by atoms with E-state index in [9.17, 15) is 22.8 Å². The average molecular weight is 578 g/mol. The summed E-state index contributed by atoms with van der Waals surface area (Å²) >= 11 is 3.47. The van der Waals surface area contributed by atoms with E-state index in [2.05, 4.69) is 31.8 Å². The normalized spacial score (nSPS) is 11.3. The second-order valence-corrected chi connectivity index (χ2v) is 8.49. The summed E-state index contributed by atoms with van der Waals surface area (Å²) in [6, 6.07) is 17.2. The van der Waals surface area contributed by atoms with Gasteiger partial charge in [0.15, 0.2) is 11.5 Å². The average Bonchev–Trinajstić information content (AvgIpc) is 2.84. The monoisotopic (exact) mass is 577 g/mol. The number of rotatable bonds is 10. The lowest BCUT2D eigenvalue weighted by atomic mass is 10.2. The smallest absolute Gasteiger partial charge is 0.416 e. The molecule has 0 aliphatic carbocycles. The van der Waals surface area contributed by atoms with Crippen LogP contribution in [0.3, 0.4) is 0 Å². The number of nitrogens with zero attached hydrogens (tertiary/aromatic N) is 1. The highest BCUT2D eigenvalue weighted by Crippen LogP contribution is 2.37. The number of hydrogen-bond acceptors (Lipinski definition) is 5. The van der Waals surface area contributed by atoms with Gasteiger partial charge >= 0.3 is 6.18 Å². The van der Waals surface area contributed by atoms with Crippen LogP contribution in [0.2, 0.25) is 0 Å². The van der Waals surface area contributed by atoms with Crippen LogP contribution in [0.1, 0.15) is 30.0 Å². The van der Waals surface area contributed by atoms with E-state index in [-0.39, 0.29) is 5.69 Å². The van der Waals surface area contributed by atoms with Crippen molar-refractivity contribution >= 4 is 39.6 Å². The lowest BCUT2D eigenvalue weighted by Gasteiger charge is -2.14. The minimum atomic E-state index is -4.55. The van der Waals surface area contributed by atoms with Crippen molar-refractivity contribution in [2.45, 2.75) is 26.1 Å². The molecule has 0 spiro atoms. The first kappa shape index (κ1) is 27.7. The second kappa shape index (κ2) is 12.9. The summed E-state index contributed by atoms with van der Waals surface area (Å²) in [6.07, 6.45) is -3.82. The molecule has 0 radical (unpaired) electrons. The summed E-state index contributed by atoms with van der Waals surface area (Å²) in [5, 5.41) is 6.11. The van der Waals surface area contributed by atoms with Crippen LogP contribution in [0.4, 0.5) is 18.9 Å². The molecule has 0 aliphatic rings. The molecule has 2 N–H and O–H groups in total. The van der Waals surface area contributed by atoms with Crippen LogP contribution in [0.15, 0.2) is 76.3 Å². The van der Waals surface area contributed by atoms with Crippen LogP contribution < -0.4 is 20.2 Å². The first-order valence-corrected chi connectivity index (χ1v) is 11.9. The maximum atomic E-state index is 12.8. The van der Waals surface area contributed by atoms with Gasteiger partial charge in [0, 0.05) is 5.69 Å². The van der Waals surface area contributed by atoms with E-state index in [1.807, 2.05) is 37.3 Å². The van der Waals surface area contributed by atoms with Crippen LogP contribution in [0, 0.1) is 0 Å². The van der Waals surface area contributed by atoms with Gasteiger partial charge in [-0.25, -0.2) is 5.43 Å². The molecule has 3 aromatic rings. The van der Waals surface area contributed by atoms with Gasteiger partial charge in [-0.1, -0.05) is 36.4 Å². The Bertz CT molecular complexity index is 1270. The van der Waals surface area contributed by atoms with E-state index >= 15 is 0 Å². The second-order valence-electron chi connectivity index (χ2n) is 7.63. The Morgan fingerprint density at radius 2 is 1.76 bits per heavy atom. The molecule has 2 amide bonds. The summed E-state index contributed by atoms with van der Waals surface area (Å²) in [5.41, 5.74) is 2.81. The lowest BCUT2D eigenvalue weighted by Crippen LogP contribution is -2.24.